The molecule has 0 spiro atoms. The van der Waals surface area contributed by atoms with Crippen molar-refractivity contribution in [1.82, 2.24) is 4.98 Å². The van der Waals surface area contributed by atoms with E-state index in [1.165, 1.54) is 11.1 Å². The Labute approximate surface area is 132 Å². The van der Waals surface area contributed by atoms with E-state index in [2.05, 4.69) is 92.7 Å². The van der Waals surface area contributed by atoms with Gasteiger partial charge in [-0.25, -0.2) is 0 Å². The molecular formula is C21H21N. The Morgan fingerprint density at radius 2 is 0.955 bits per heavy atom. The molecule has 0 fully saturated rings. The molecule has 0 aliphatic carbocycles. The molecular weight excluding hydrogens is 266 g/mol. The summed E-state index contributed by atoms with van der Waals surface area (Å²) in [5, 5.41) is 0. The monoisotopic (exact) mass is 287 g/mol. The third kappa shape index (κ3) is 3.09. The highest BCUT2D eigenvalue weighted by Crippen LogP contribution is 2.26. The predicted octanol–water partition coefficient (Wildman–Crippen LogP) is 5.39. The zero-order valence-electron chi connectivity index (χ0n) is 13.1. The summed E-state index contributed by atoms with van der Waals surface area (Å²) in [7, 11) is 0. The molecule has 1 aromatic heterocycles. The van der Waals surface area contributed by atoms with Crippen molar-refractivity contribution in [2.45, 2.75) is 25.7 Å². The molecule has 1 heteroatoms. The van der Waals surface area contributed by atoms with Crippen LogP contribution in [0.4, 0.5) is 0 Å². The summed E-state index contributed by atoms with van der Waals surface area (Å²) in [6.07, 6.45) is 0. The fraction of sp³-hybridized carbons (Fsp3) is 0.190. The maximum Gasteiger partial charge on any atom is 0.0479 e. The number of hydrogen-bond donors (Lipinski definition) is 0. The van der Waals surface area contributed by atoms with Crippen LogP contribution in [0.15, 0.2) is 78.9 Å². The van der Waals surface area contributed by atoms with Gasteiger partial charge in [0, 0.05) is 23.2 Å². The van der Waals surface area contributed by atoms with E-state index in [-0.39, 0.29) is 0 Å². The van der Waals surface area contributed by atoms with Gasteiger partial charge < -0.3 is 0 Å². The number of hydrogen-bond acceptors (Lipinski definition) is 1. The lowest BCUT2D eigenvalue weighted by Crippen LogP contribution is -2.04. The van der Waals surface area contributed by atoms with Gasteiger partial charge in [-0.2, -0.15) is 0 Å². The van der Waals surface area contributed by atoms with Gasteiger partial charge in [-0.15, -0.1) is 0 Å². The summed E-state index contributed by atoms with van der Waals surface area (Å²) in [5.74, 6) is 0.619. The van der Waals surface area contributed by atoms with E-state index in [1.54, 1.807) is 0 Å². The Hall–Kier alpha value is -2.41. The van der Waals surface area contributed by atoms with Crippen LogP contribution in [0.3, 0.4) is 0 Å². The first-order chi connectivity index (χ1) is 10.8. The van der Waals surface area contributed by atoms with Gasteiger partial charge in [0.25, 0.3) is 0 Å². The van der Waals surface area contributed by atoms with Crippen molar-refractivity contribution in [3.8, 4) is 0 Å². The third-order valence-corrected chi connectivity index (χ3v) is 4.28. The molecule has 0 N–H and O–H groups in total. The van der Waals surface area contributed by atoms with Crippen LogP contribution < -0.4 is 0 Å². The maximum absolute atomic E-state index is 4.93. The van der Waals surface area contributed by atoms with E-state index < -0.39 is 0 Å². The zero-order valence-corrected chi connectivity index (χ0v) is 13.1. The van der Waals surface area contributed by atoms with E-state index in [9.17, 15) is 0 Å². The topological polar surface area (TPSA) is 12.9 Å². The van der Waals surface area contributed by atoms with Crippen molar-refractivity contribution >= 4 is 0 Å². The second kappa shape index (κ2) is 6.57. The van der Waals surface area contributed by atoms with Gasteiger partial charge in [0.15, 0.2) is 0 Å². The van der Waals surface area contributed by atoms with Crippen LogP contribution in [0.25, 0.3) is 0 Å². The molecule has 3 aromatic rings. The number of aromatic nitrogens is 1. The molecule has 22 heavy (non-hydrogen) atoms. The van der Waals surface area contributed by atoms with E-state index in [1.807, 2.05) is 0 Å². The molecule has 0 saturated heterocycles. The highest BCUT2D eigenvalue weighted by Gasteiger charge is 2.13. The smallest absolute Gasteiger partial charge is 0.0479 e. The Kier molecular flexibility index (Phi) is 4.34. The number of rotatable bonds is 4. The second-order valence-corrected chi connectivity index (χ2v) is 5.75. The van der Waals surface area contributed by atoms with Crippen LogP contribution in [0.5, 0.6) is 0 Å². The van der Waals surface area contributed by atoms with Crippen molar-refractivity contribution in [3.05, 3.63) is 101 Å². The van der Waals surface area contributed by atoms with Crippen LogP contribution in [0.1, 0.15) is 48.2 Å². The molecule has 1 nitrogen and oxygen atoms in total. The van der Waals surface area contributed by atoms with Crippen LogP contribution in [-0.4, -0.2) is 4.98 Å². The van der Waals surface area contributed by atoms with Crippen molar-refractivity contribution in [2.75, 3.05) is 0 Å². The predicted molar refractivity (Wildman–Crippen MR) is 92.2 cm³/mol. The van der Waals surface area contributed by atoms with E-state index in [4.69, 9.17) is 4.98 Å². The zero-order chi connectivity index (χ0) is 15.4. The summed E-state index contributed by atoms with van der Waals surface area (Å²) >= 11 is 0. The van der Waals surface area contributed by atoms with Gasteiger partial charge in [-0.05, 0) is 23.3 Å². The molecule has 0 amide bonds. The Bertz CT molecular complexity index is 658. The number of nitrogens with zero attached hydrogens (tertiary/aromatic N) is 1. The van der Waals surface area contributed by atoms with Gasteiger partial charge >= 0.3 is 0 Å². The number of benzene rings is 2. The van der Waals surface area contributed by atoms with Gasteiger partial charge in [0.2, 0.25) is 0 Å². The highest BCUT2D eigenvalue weighted by atomic mass is 14.7. The van der Waals surface area contributed by atoms with Crippen LogP contribution in [-0.2, 0) is 0 Å². The average molecular weight is 287 g/mol. The van der Waals surface area contributed by atoms with E-state index >= 15 is 0 Å². The Morgan fingerprint density at radius 3 is 1.36 bits per heavy atom. The summed E-state index contributed by atoms with van der Waals surface area (Å²) in [5.41, 5.74) is 4.87. The summed E-state index contributed by atoms with van der Waals surface area (Å²) < 4.78 is 0. The van der Waals surface area contributed by atoms with Gasteiger partial charge in [-0.1, -0.05) is 80.6 Å². The summed E-state index contributed by atoms with van der Waals surface area (Å²) in [6.45, 7) is 4.43. The SMILES string of the molecule is CC(c1ccccc1)c1cccc(C(C)c2ccccc2)n1. The molecule has 2 atom stereocenters. The molecule has 0 radical (unpaired) electrons. The van der Waals surface area contributed by atoms with Gasteiger partial charge in [-0.3, -0.25) is 4.98 Å². The fourth-order valence-corrected chi connectivity index (χ4v) is 2.78. The minimum absolute atomic E-state index is 0.309. The van der Waals surface area contributed by atoms with Crippen LogP contribution >= 0.6 is 0 Å². The quantitative estimate of drug-likeness (QED) is 0.627. The standard InChI is InChI=1S/C21H21N/c1-16(18-10-5-3-6-11-18)20-14-9-15-21(22-20)17(2)19-12-7-4-8-13-19/h3-17H,1-2H3. The van der Waals surface area contributed by atoms with E-state index in [0.29, 0.717) is 11.8 Å². The molecule has 0 bridgehead atoms. The third-order valence-electron chi connectivity index (χ3n) is 4.28. The molecule has 0 aliphatic rings. The minimum Gasteiger partial charge on any atom is -0.257 e. The van der Waals surface area contributed by atoms with Crippen LogP contribution in [0, 0.1) is 0 Å². The molecule has 110 valence electrons. The van der Waals surface area contributed by atoms with Crippen molar-refractivity contribution in [3.63, 3.8) is 0 Å². The lowest BCUT2D eigenvalue weighted by atomic mass is 9.94. The summed E-state index contributed by atoms with van der Waals surface area (Å²) in [4.78, 5) is 4.93. The second-order valence-electron chi connectivity index (χ2n) is 5.75. The molecule has 2 aromatic carbocycles. The lowest BCUT2D eigenvalue weighted by Gasteiger charge is -2.16. The normalized spacial score (nSPS) is 13.5. The van der Waals surface area contributed by atoms with Crippen LogP contribution in [0.2, 0.25) is 0 Å². The Balaban J connectivity index is 1.90. The fourth-order valence-electron chi connectivity index (χ4n) is 2.78. The first kappa shape index (κ1) is 14.5. The first-order valence-corrected chi connectivity index (χ1v) is 7.82. The van der Waals surface area contributed by atoms with Gasteiger partial charge in [0.1, 0.15) is 0 Å². The molecule has 2 unspecified atom stereocenters. The van der Waals surface area contributed by atoms with E-state index in [0.717, 1.165) is 11.4 Å². The highest BCUT2D eigenvalue weighted by molar-refractivity contribution is 5.32. The van der Waals surface area contributed by atoms with Crippen molar-refractivity contribution in [1.29, 1.82) is 0 Å². The van der Waals surface area contributed by atoms with Crippen molar-refractivity contribution < 1.29 is 0 Å². The minimum atomic E-state index is 0.309. The van der Waals surface area contributed by atoms with Gasteiger partial charge in [0.05, 0.1) is 0 Å². The molecule has 0 saturated carbocycles. The number of pyridine rings is 1. The lowest BCUT2D eigenvalue weighted by molar-refractivity contribution is 0.809. The largest absolute Gasteiger partial charge is 0.257 e. The molecule has 0 aliphatic heterocycles. The maximum atomic E-state index is 4.93. The summed E-state index contributed by atoms with van der Waals surface area (Å²) in [6, 6.07) is 27.5. The van der Waals surface area contributed by atoms with Crippen molar-refractivity contribution in [2.24, 2.45) is 0 Å². The molecule has 3 rings (SSSR count). The Morgan fingerprint density at radius 1 is 0.545 bits per heavy atom. The molecule has 1 heterocycles. The first-order valence-electron chi connectivity index (χ1n) is 7.82. The average Bonchev–Trinajstić information content (AvgIpc) is 2.62.